The molecule has 2 rings (SSSR count). The largest absolute Gasteiger partial charge is 0.695 e. The molecule has 3 N–H and O–H groups in total. The van der Waals surface area contributed by atoms with Gasteiger partial charge >= 0.3 is 8.25 Å². The van der Waals surface area contributed by atoms with Crippen LogP contribution in [0.2, 0.25) is 0 Å². The van der Waals surface area contributed by atoms with Gasteiger partial charge in [-0.1, -0.05) is 7.43 Å². The standard InChI is InChI=1S/C11H15N2O5P.CH4/c14-6-7-3-8(4-10(7)18-19(16)17)13-11-5-9(15)1-2-12-11;/h2,5,7-8,10,14H,1,3-4,6H2,(H-,13,15,16,17);1H4/p+1/t7-,8-,10+;/m1./s1. The van der Waals surface area contributed by atoms with Crippen molar-refractivity contribution < 1.29 is 23.9 Å². The van der Waals surface area contributed by atoms with E-state index < -0.39 is 14.4 Å². The van der Waals surface area contributed by atoms with Gasteiger partial charge in [0, 0.05) is 41.8 Å². The van der Waals surface area contributed by atoms with Crippen LogP contribution >= 0.6 is 8.25 Å². The maximum atomic E-state index is 11.2. The molecular formula is C12H20N2O5P+. The highest BCUT2D eigenvalue weighted by molar-refractivity contribution is 7.32. The van der Waals surface area contributed by atoms with Crippen molar-refractivity contribution in [2.75, 3.05) is 6.61 Å². The van der Waals surface area contributed by atoms with Crippen molar-refractivity contribution >= 4 is 20.3 Å². The van der Waals surface area contributed by atoms with Gasteiger partial charge in [0.2, 0.25) is 0 Å². The third-order valence-electron chi connectivity index (χ3n) is 3.26. The van der Waals surface area contributed by atoms with Gasteiger partial charge < -0.3 is 10.4 Å². The highest BCUT2D eigenvalue weighted by Gasteiger charge is 2.40. The minimum atomic E-state index is -2.68. The van der Waals surface area contributed by atoms with Crippen LogP contribution in [0.25, 0.3) is 0 Å². The summed E-state index contributed by atoms with van der Waals surface area (Å²) in [5.74, 6) is 0.292. The smallest absolute Gasteiger partial charge is 0.396 e. The molecule has 20 heavy (non-hydrogen) atoms. The Bertz CT molecular complexity index is 438. The molecular weight excluding hydrogens is 283 g/mol. The number of aliphatic hydroxyl groups is 1. The summed E-state index contributed by atoms with van der Waals surface area (Å²) in [5.41, 5.74) is 0. The van der Waals surface area contributed by atoms with Crippen LogP contribution < -0.4 is 5.32 Å². The number of carbonyl (C=O) groups is 1. The van der Waals surface area contributed by atoms with E-state index >= 15 is 0 Å². The Morgan fingerprint density at radius 2 is 2.25 bits per heavy atom. The van der Waals surface area contributed by atoms with Gasteiger partial charge in [-0.2, -0.15) is 0 Å². The molecule has 0 amide bonds. The molecule has 0 bridgehead atoms. The normalized spacial score (nSPS) is 29.7. The van der Waals surface area contributed by atoms with Gasteiger partial charge in [0.15, 0.2) is 5.78 Å². The first-order valence-electron chi connectivity index (χ1n) is 6.06. The van der Waals surface area contributed by atoms with E-state index in [0.717, 1.165) is 0 Å². The number of aliphatic imine (C=N–C) groups is 1. The number of hydrogen-bond acceptors (Lipinski definition) is 6. The van der Waals surface area contributed by atoms with Crippen LogP contribution in [0.4, 0.5) is 0 Å². The van der Waals surface area contributed by atoms with Crippen LogP contribution in [0.1, 0.15) is 26.7 Å². The first-order chi connectivity index (χ1) is 9.08. The molecule has 8 heteroatoms. The molecule has 0 aromatic heterocycles. The summed E-state index contributed by atoms with van der Waals surface area (Å²) in [6.45, 7) is -0.104. The van der Waals surface area contributed by atoms with Gasteiger partial charge in [-0.25, -0.2) is 4.99 Å². The van der Waals surface area contributed by atoms with Gasteiger partial charge in [0.1, 0.15) is 11.9 Å². The molecule has 4 atom stereocenters. The number of allylic oxidation sites excluding steroid dienone is 1. The number of ketones is 1. The van der Waals surface area contributed by atoms with Gasteiger partial charge in [0.25, 0.3) is 0 Å². The molecule has 1 heterocycles. The summed E-state index contributed by atoms with van der Waals surface area (Å²) in [6.07, 6.45) is 3.93. The van der Waals surface area contributed by atoms with E-state index in [4.69, 9.17) is 9.42 Å². The van der Waals surface area contributed by atoms with E-state index in [0.29, 0.717) is 25.1 Å². The lowest BCUT2D eigenvalue weighted by molar-refractivity contribution is -0.113. The monoisotopic (exact) mass is 303 g/mol. The van der Waals surface area contributed by atoms with Crippen LogP contribution in [-0.2, 0) is 13.9 Å². The van der Waals surface area contributed by atoms with Crippen molar-refractivity contribution in [3.05, 3.63) is 11.9 Å². The number of carbonyl (C=O) groups excluding carboxylic acids is 1. The number of rotatable bonds is 5. The Balaban J connectivity index is 0.00000200. The zero-order valence-corrected chi connectivity index (χ0v) is 11.1. The number of hydrogen-bond donors (Lipinski definition) is 3. The zero-order chi connectivity index (χ0) is 13.8. The van der Waals surface area contributed by atoms with Crippen molar-refractivity contribution in [3.63, 3.8) is 0 Å². The van der Waals surface area contributed by atoms with Crippen molar-refractivity contribution in [2.24, 2.45) is 10.9 Å². The van der Waals surface area contributed by atoms with Crippen LogP contribution in [0.5, 0.6) is 0 Å². The minimum absolute atomic E-state index is 0. The summed E-state index contributed by atoms with van der Waals surface area (Å²) in [5, 5.41) is 12.3. The average molecular weight is 303 g/mol. The molecule has 1 aliphatic heterocycles. The van der Waals surface area contributed by atoms with E-state index in [1.165, 1.54) is 6.08 Å². The SMILES string of the molecule is C.O=C1C=C(N[C@@H]2C[C@H](CO)[C@@H](O[P+](=O)O)C2)N=CC1. The molecule has 0 spiro atoms. The number of nitrogens with one attached hydrogen (secondary N) is 1. The summed E-state index contributed by atoms with van der Waals surface area (Å²) in [6, 6.07) is -0.0357. The minimum Gasteiger partial charge on any atom is -0.396 e. The Morgan fingerprint density at radius 3 is 2.85 bits per heavy atom. The highest BCUT2D eigenvalue weighted by Crippen LogP contribution is 2.34. The van der Waals surface area contributed by atoms with Crippen LogP contribution in [-0.4, -0.2) is 40.8 Å². The fourth-order valence-corrected chi connectivity index (χ4v) is 2.90. The second kappa shape index (κ2) is 7.59. The quantitative estimate of drug-likeness (QED) is 0.651. The van der Waals surface area contributed by atoms with E-state index in [9.17, 15) is 14.5 Å². The summed E-state index contributed by atoms with van der Waals surface area (Å²) < 4.78 is 15.6. The fraction of sp³-hybridized carbons (Fsp3) is 0.667. The molecule has 7 nitrogen and oxygen atoms in total. The van der Waals surface area contributed by atoms with Crippen molar-refractivity contribution in [3.8, 4) is 0 Å². The number of aliphatic hydroxyl groups excluding tert-OH is 1. The Hall–Kier alpha value is -1.14. The molecule has 1 saturated carbocycles. The van der Waals surface area contributed by atoms with Crippen LogP contribution in [0.3, 0.4) is 0 Å². The number of nitrogens with zero attached hydrogens (tertiary/aromatic N) is 1. The lowest BCUT2D eigenvalue weighted by atomic mass is 10.1. The third kappa shape index (κ3) is 4.45. The fourth-order valence-electron chi connectivity index (χ4n) is 2.41. The molecule has 0 radical (unpaired) electrons. The van der Waals surface area contributed by atoms with E-state index in [1.807, 2.05) is 0 Å². The van der Waals surface area contributed by atoms with Crippen LogP contribution in [0, 0.1) is 5.92 Å². The van der Waals surface area contributed by atoms with Crippen molar-refractivity contribution in [1.82, 2.24) is 5.32 Å². The van der Waals surface area contributed by atoms with Crippen molar-refractivity contribution in [1.29, 1.82) is 0 Å². The van der Waals surface area contributed by atoms with E-state index in [-0.39, 0.29) is 31.8 Å². The molecule has 112 valence electrons. The van der Waals surface area contributed by atoms with Gasteiger partial charge in [0.05, 0.1) is 0 Å². The molecule has 0 saturated heterocycles. The second-order valence-corrected chi connectivity index (χ2v) is 5.34. The lowest BCUT2D eigenvalue weighted by Gasteiger charge is -2.15. The van der Waals surface area contributed by atoms with Crippen molar-refractivity contribution in [2.45, 2.75) is 38.8 Å². The summed E-state index contributed by atoms with van der Waals surface area (Å²) >= 11 is 0. The first-order valence-corrected chi connectivity index (χ1v) is 7.19. The Labute approximate surface area is 118 Å². The van der Waals surface area contributed by atoms with Gasteiger partial charge in [-0.05, 0) is 12.8 Å². The molecule has 1 fully saturated rings. The molecule has 0 aromatic carbocycles. The molecule has 0 aromatic rings. The predicted octanol–water partition coefficient (Wildman–Crippen LogP) is 0.903. The Morgan fingerprint density at radius 1 is 1.50 bits per heavy atom. The first kappa shape index (κ1) is 16.9. The average Bonchev–Trinajstić information content (AvgIpc) is 2.70. The highest BCUT2D eigenvalue weighted by atomic mass is 31.1. The van der Waals surface area contributed by atoms with E-state index in [2.05, 4.69) is 10.3 Å². The maximum Gasteiger partial charge on any atom is 0.695 e. The van der Waals surface area contributed by atoms with Gasteiger partial charge in [-0.15, -0.1) is 9.42 Å². The summed E-state index contributed by atoms with van der Waals surface area (Å²) in [7, 11) is -2.68. The summed E-state index contributed by atoms with van der Waals surface area (Å²) in [4.78, 5) is 24.1. The molecule has 2 aliphatic rings. The third-order valence-corrected chi connectivity index (χ3v) is 3.71. The van der Waals surface area contributed by atoms with E-state index in [1.54, 1.807) is 6.21 Å². The lowest BCUT2D eigenvalue weighted by Crippen LogP contribution is -2.27. The zero-order valence-electron chi connectivity index (χ0n) is 10.2. The molecule has 1 aliphatic carbocycles. The predicted molar refractivity (Wildman–Crippen MR) is 74.4 cm³/mol. The molecule has 1 unspecified atom stereocenters. The van der Waals surface area contributed by atoms with Crippen LogP contribution in [0.15, 0.2) is 16.9 Å². The maximum absolute atomic E-state index is 11.2. The topological polar surface area (TPSA) is 108 Å². The second-order valence-electron chi connectivity index (χ2n) is 4.65. The Kier molecular flexibility index (Phi) is 6.42. The van der Waals surface area contributed by atoms with Gasteiger partial charge in [-0.3, -0.25) is 4.79 Å².